The van der Waals surface area contributed by atoms with E-state index >= 15 is 0 Å². The SMILES string of the molecule is CC(C)CN(CC(=O)O)Cc1cc(F)ccc1-n1cccn1. The lowest BCUT2D eigenvalue weighted by molar-refractivity contribution is -0.138. The molecular weight excluding hydrogens is 285 g/mol. The lowest BCUT2D eigenvalue weighted by Crippen LogP contribution is -2.33. The van der Waals surface area contributed by atoms with Gasteiger partial charge in [-0.15, -0.1) is 0 Å². The minimum absolute atomic E-state index is 0.0762. The van der Waals surface area contributed by atoms with Gasteiger partial charge in [0, 0.05) is 25.5 Å². The fourth-order valence-electron chi connectivity index (χ4n) is 2.45. The van der Waals surface area contributed by atoms with Crippen molar-refractivity contribution in [2.24, 2.45) is 5.92 Å². The molecule has 1 N–H and O–H groups in total. The summed E-state index contributed by atoms with van der Waals surface area (Å²) >= 11 is 0. The van der Waals surface area contributed by atoms with Crippen molar-refractivity contribution >= 4 is 5.97 Å². The van der Waals surface area contributed by atoms with Crippen LogP contribution in [0.25, 0.3) is 5.69 Å². The van der Waals surface area contributed by atoms with Crippen molar-refractivity contribution in [3.63, 3.8) is 0 Å². The number of carbonyl (C=O) groups is 1. The summed E-state index contributed by atoms with van der Waals surface area (Å²) in [6, 6.07) is 6.26. The van der Waals surface area contributed by atoms with E-state index in [4.69, 9.17) is 5.11 Å². The Balaban J connectivity index is 2.29. The number of carboxylic acids is 1. The van der Waals surface area contributed by atoms with Crippen LogP contribution in [0.15, 0.2) is 36.7 Å². The Bertz CT molecular complexity index is 626. The van der Waals surface area contributed by atoms with Gasteiger partial charge in [-0.2, -0.15) is 5.10 Å². The molecule has 1 heterocycles. The molecular formula is C16H20FN3O2. The Morgan fingerprint density at radius 3 is 2.82 bits per heavy atom. The third kappa shape index (κ3) is 4.39. The molecule has 0 bridgehead atoms. The summed E-state index contributed by atoms with van der Waals surface area (Å²) in [5, 5.41) is 13.2. The predicted molar refractivity (Wildman–Crippen MR) is 81.3 cm³/mol. The minimum atomic E-state index is -0.891. The van der Waals surface area contributed by atoms with E-state index in [0.717, 1.165) is 5.69 Å². The van der Waals surface area contributed by atoms with Gasteiger partial charge in [-0.3, -0.25) is 9.69 Å². The number of rotatable bonds is 7. The van der Waals surface area contributed by atoms with Gasteiger partial charge in [0.15, 0.2) is 0 Å². The molecule has 1 aromatic heterocycles. The molecule has 2 aromatic rings. The number of hydrogen-bond donors (Lipinski definition) is 1. The Kier molecular flexibility index (Phi) is 5.27. The average molecular weight is 305 g/mol. The first-order chi connectivity index (χ1) is 10.5. The van der Waals surface area contributed by atoms with Crippen molar-refractivity contribution in [1.29, 1.82) is 0 Å². The first-order valence-corrected chi connectivity index (χ1v) is 7.18. The highest BCUT2D eigenvalue weighted by Crippen LogP contribution is 2.18. The van der Waals surface area contributed by atoms with Crippen LogP contribution in [0.1, 0.15) is 19.4 Å². The lowest BCUT2D eigenvalue weighted by atomic mass is 10.1. The van der Waals surface area contributed by atoms with E-state index < -0.39 is 5.97 Å². The highest BCUT2D eigenvalue weighted by molar-refractivity contribution is 5.69. The maximum Gasteiger partial charge on any atom is 0.317 e. The largest absolute Gasteiger partial charge is 0.480 e. The molecule has 1 aromatic carbocycles. The smallest absolute Gasteiger partial charge is 0.317 e. The molecule has 6 heteroatoms. The number of aliphatic carboxylic acids is 1. The molecule has 0 aliphatic heterocycles. The third-order valence-corrected chi connectivity index (χ3v) is 3.17. The minimum Gasteiger partial charge on any atom is -0.480 e. The summed E-state index contributed by atoms with van der Waals surface area (Å²) in [5.74, 6) is -0.913. The van der Waals surface area contributed by atoms with Gasteiger partial charge in [0.25, 0.3) is 0 Å². The molecule has 0 amide bonds. The molecule has 0 radical (unpaired) electrons. The van der Waals surface area contributed by atoms with Crippen LogP contribution >= 0.6 is 0 Å². The van der Waals surface area contributed by atoms with Crippen molar-refractivity contribution in [2.45, 2.75) is 20.4 Å². The zero-order chi connectivity index (χ0) is 16.1. The van der Waals surface area contributed by atoms with E-state index in [0.29, 0.717) is 24.6 Å². The number of carboxylic acid groups (broad SMARTS) is 1. The molecule has 0 fully saturated rings. The van der Waals surface area contributed by atoms with Crippen LogP contribution in [0.3, 0.4) is 0 Å². The Labute approximate surface area is 129 Å². The molecule has 0 aliphatic carbocycles. The summed E-state index contributed by atoms with van der Waals surface area (Å²) in [6.45, 7) is 4.95. The summed E-state index contributed by atoms with van der Waals surface area (Å²) in [4.78, 5) is 12.8. The number of aromatic nitrogens is 2. The highest BCUT2D eigenvalue weighted by Gasteiger charge is 2.15. The van der Waals surface area contributed by atoms with Crippen LogP contribution in [0.4, 0.5) is 4.39 Å². The fourth-order valence-corrected chi connectivity index (χ4v) is 2.45. The summed E-state index contributed by atoms with van der Waals surface area (Å²) in [6.07, 6.45) is 3.43. The second-order valence-corrected chi connectivity index (χ2v) is 5.68. The van der Waals surface area contributed by atoms with Crippen molar-refractivity contribution in [3.8, 4) is 5.69 Å². The van der Waals surface area contributed by atoms with Gasteiger partial charge >= 0.3 is 5.97 Å². The third-order valence-electron chi connectivity index (χ3n) is 3.17. The van der Waals surface area contributed by atoms with Gasteiger partial charge in [-0.25, -0.2) is 9.07 Å². The first kappa shape index (κ1) is 16.2. The molecule has 0 aliphatic rings. The number of benzene rings is 1. The second-order valence-electron chi connectivity index (χ2n) is 5.68. The molecule has 118 valence electrons. The van der Waals surface area contributed by atoms with Gasteiger partial charge in [0.1, 0.15) is 5.82 Å². The Morgan fingerprint density at radius 2 is 2.23 bits per heavy atom. The molecule has 22 heavy (non-hydrogen) atoms. The molecule has 0 saturated heterocycles. The number of halogens is 1. The molecule has 0 atom stereocenters. The zero-order valence-corrected chi connectivity index (χ0v) is 12.7. The van der Waals surface area contributed by atoms with E-state index in [2.05, 4.69) is 5.10 Å². The molecule has 5 nitrogen and oxygen atoms in total. The van der Waals surface area contributed by atoms with E-state index in [9.17, 15) is 9.18 Å². The van der Waals surface area contributed by atoms with Crippen LogP contribution in [0.2, 0.25) is 0 Å². The molecule has 2 rings (SSSR count). The van der Waals surface area contributed by atoms with Crippen molar-refractivity contribution in [2.75, 3.05) is 13.1 Å². The molecule has 0 saturated carbocycles. The lowest BCUT2D eigenvalue weighted by Gasteiger charge is -2.23. The molecule has 0 unspecified atom stereocenters. The quantitative estimate of drug-likeness (QED) is 0.854. The van der Waals surface area contributed by atoms with Crippen molar-refractivity contribution in [3.05, 3.63) is 48.0 Å². The van der Waals surface area contributed by atoms with Crippen LogP contribution in [0.5, 0.6) is 0 Å². The summed E-state index contributed by atoms with van der Waals surface area (Å²) in [7, 11) is 0. The van der Waals surface area contributed by atoms with Gasteiger partial charge in [0.05, 0.1) is 12.2 Å². The molecule has 0 spiro atoms. The Hall–Kier alpha value is -2.21. The zero-order valence-electron chi connectivity index (χ0n) is 12.7. The maximum atomic E-state index is 13.6. The van der Waals surface area contributed by atoms with E-state index in [-0.39, 0.29) is 12.4 Å². The van der Waals surface area contributed by atoms with Crippen molar-refractivity contribution < 1.29 is 14.3 Å². The van der Waals surface area contributed by atoms with Crippen LogP contribution in [-0.2, 0) is 11.3 Å². The standard InChI is InChI=1S/C16H20FN3O2/c1-12(2)9-19(11-16(21)22)10-13-8-14(17)4-5-15(13)20-7-3-6-18-20/h3-8,12H,9-11H2,1-2H3,(H,21,22). The number of hydrogen-bond acceptors (Lipinski definition) is 3. The average Bonchev–Trinajstić information content (AvgIpc) is 2.90. The first-order valence-electron chi connectivity index (χ1n) is 7.18. The van der Waals surface area contributed by atoms with E-state index in [1.807, 2.05) is 13.8 Å². The topological polar surface area (TPSA) is 58.4 Å². The van der Waals surface area contributed by atoms with Gasteiger partial charge in [0.2, 0.25) is 0 Å². The highest BCUT2D eigenvalue weighted by atomic mass is 19.1. The van der Waals surface area contributed by atoms with Crippen molar-refractivity contribution in [1.82, 2.24) is 14.7 Å². The van der Waals surface area contributed by atoms with Crippen LogP contribution in [0, 0.1) is 11.7 Å². The van der Waals surface area contributed by atoms with Gasteiger partial charge < -0.3 is 5.11 Å². The van der Waals surface area contributed by atoms with Gasteiger partial charge in [-0.1, -0.05) is 13.8 Å². The van der Waals surface area contributed by atoms with Crippen LogP contribution in [-0.4, -0.2) is 38.8 Å². The maximum absolute atomic E-state index is 13.6. The predicted octanol–water partition coefficient (Wildman–Crippen LogP) is 2.55. The number of nitrogens with zero attached hydrogens (tertiary/aromatic N) is 3. The van der Waals surface area contributed by atoms with E-state index in [1.54, 1.807) is 34.1 Å². The second kappa shape index (κ2) is 7.17. The van der Waals surface area contributed by atoms with E-state index in [1.165, 1.54) is 12.1 Å². The van der Waals surface area contributed by atoms with Crippen LogP contribution < -0.4 is 0 Å². The monoisotopic (exact) mass is 305 g/mol. The summed E-state index contributed by atoms with van der Waals surface area (Å²) < 4.78 is 15.3. The normalized spacial score (nSPS) is 11.3. The Morgan fingerprint density at radius 1 is 1.45 bits per heavy atom. The fraction of sp³-hybridized carbons (Fsp3) is 0.375. The summed E-state index contributed by atoms with van der Waals surface area (Å²) in [5.41, 5.74) is 1.47. The van der Waals surface area contributed by atoms with Gasteiger partial charge in [-0.05, 0) is 35.7 Å².